The van der Waals surface area contributed by atoms with Crippen LogP contribution in [0.3, 0.4) is 0 Å². The third-order valence-corrected chi connectivity index (χ3v) is 3.13. The van der Waals surface area contributed by atoms with E-state index in [1.165, 1.54) is 11.0 Å². The third kappa shape index (κ3) is 2.38. The first-order valence-electron chi connectivity index (χ1n) is 5.73. The van der Waals surface area contributed by atoms with Gasteiger partial charge in [-0.25, -0.2) is 9.18 Å². The fraction of sp³-hybridized carbons (Fsp3) is 0.417. The van der Waals surface area contributed by atoms with Crippen molar-refractivity contribution in [2.24, 2.45) is 0 Å². The van der Waals surface area contributed by atoms with E-state index in [0.29, 0.717) is 18.8 Å². The molecule has 2 N–H and O–H groups in total. The van der Waals surface area contributed by atoms with E-state index in [4.69, 9.17) is 5.11 Å². The first-order valence-corrected chi connectivity index (χ1v) is 5.73. The molecule has 0 saturated carbocycles. The number of rotatable bonds is 2. The molecule has 98 valence electrons. The summed E-state index contributed by atoms with van der Waals surface area (Å²) in [6, 6.07) is 5.89. The van der Waals surface area contributed by atoms with Crippen molar-refractivity contribution in [3.8, 4) is 0 Å². The molecule has 5 nitrogen and oxygen atoms in total. The number of amides is 1. The number of hydrogen-bond donors (Lipinski definition) is 2. The molecule has 1 aromatic rings. The van der Waals surface area contributed by atoms with Gasteiger partial charge in [0.2, 0.25) is 0 Å². The topological polar surface area (TPSA) is 64.0 Å². The van der Waals surface area contributed by atoms with Gasteiger partial charge in [0.15, 0.2) is 0 Å². The summed E-state index contributed by atoms with van der Waals surface area (Å²) in [6.45, 7) is 0.650. The number of aliphatic hydroxyl groups excluding tert-OH is 1. The normalized spacial score (nSPS) is 20.0. The lowest BCUT2D eigenvalue weighted by Crippen LogP contribution is -2.56. The number of piperazine rings is 1. The monoisotopic (exact) mass is 254 g/mol. The Kier molecular flexibility index (Phi) is 3.66. The second kappa shape index (κ2) is 5.22. The van der Waals surface area contributed by atoms with Gasteiger partial charge in [0, 0.05) is 19.6 Å². The van der Waals surface area contributed by atoms with Gasteiger partial charge in [-0.3, -0.25) is 0 Å². The van der Waals surface area contributed by atoms with Crippen LogP contribution in [0.15, 0.2) is 24.3 Å². The average molecular weight is 254 g/mol. The lowest BCUT2D eigenvalue weighted by atomic mass is 10.1. The van der Waals surface area contributed by atoms with Crippen LogP contribution in [-0.4, -0.2) is 53.5 Å². The molecule has 18 heavy (non-hydrogen) atoms. The summed E-state index contributed by atoms with van der Waals surface area (Å²) < 4.78 is 13.7. The van der Waals surface area contributed by atoms with Gasteiger partial charge in [0.25, 0.3) is 0 Å². The van der Waals surface area contributed by atoms with Crippen molar-refractivity contribution in [3.05, 3.63) is 30.1 Å². The van der Waals surface area contributed by atoms with Crippen molar-refractivity contribution in [2.45, 2.75) is 6.04 Å². The minimum atomic E-state index is -1.01. The van der Waals surface area contributed by atoms with E-state index in [0.717, 1.165) is 0 Å². The van der Waals surface area contributed by atoms with E-state index in [2.05, 4.69) is 0 Å². The Bertz CT molecular complexity index is 441. The van der Waals surface area contributed by atoms with E-state index >= 15 is 0 Å². The van der Waals surface area contributed by atoms with Crippen molar-refractivity contribution in [2.75, 3.05) is 31.1 Å². The second-order valence-electron chi connectivity index (χ2n) is 4.21. The number of benzene rings is 1. The van der Waals surface area contributed by atoms with E-state index < -0.39 is 12.1 Å². The second-order valence-corrected chi connectivity index (χ2v) is 4.21. The third-order valence-electron chi connectivity index (χ3n) is 3.13. The van der Waals surface area contributed by atoms with Gasteiger partial charge in [0.05, 0.1) is 18.3 Å². The Morgan fingerprint density at radius 2 is 2.11 bits per heavy atom. The van der Waals surface area contributed by atoms with Crippen LogP contribution >= 0.6 is 0 Å². The van der Waals surface area contributed by atoms with Gasteiger partial charge in [-0.15, -0.1) is 0 Å². The van der Waals surface area contributed by atoms with Crippen molar-refractivity contribution in [1.29, 1.82) is 0 Å². The molecule has 0 unspecified atom stereocenters. The number of nitrogens with zero attached hydrogens (tertiary/aromatic N) is 2. The molecular weight excluding hydrogens is 239 g/mol. The van der Waals surface area contributed by atoms with Crippen molar-refractivity contribution in [3.63, 3.8) is 0 Å². The average Bonchev–Trinajstić information content (AvgIpc) is 2.38. The predicted molar refractivity (Wildman–Crippen MR) is 64.2 cm³/mol. The zero-order valence-corrected chi connectivity index (χ0v) is 9.79. The van der Waals surface area contributed by atoms with E-state index in [9.17, 15) is 14.3 Å². The van der Waals surface area contributed by atoms with E-state index in [-0.39, 0.29) is 19.0 Å². The van der Waals surface area contributed by atoms with Crippen LogP contribution in [-0.2, 0) is 0 Å². The van der Waals surface area contributed by atoms with Gasteiger partial charge in [0.1, 0.15) is 5.82 Å². The van der Waals surface area contributed by atoms with Crippen LogP contribution in [0.5, 0.6) is 0 Å². The van der Waals surface area contributed by atoms with Gasteiger partial charge >= 0.3 is 6.09 Å². The van der Waals surface area contributed by atoms with Gasteiger partial charge in [-0.2, -0.15) is 0 Å². The van der Waals surface area contributed by atoms with Crippen LogP contribution in [0.1, 0.15) is 0 Å². The van der Waals surface area contributed by atoms with Crippen LogP contribution in [0.4, 0.5) is 14.9 Å². The van der Waals surface area contributed by atoms with Crippen molar-refractivity contribution < 1.29 is 19.4 Å². The Labute approximate surface area is 104 Å². The number of carboxylic acid groups (broad SMARTS) is 1. The summed E-state index contributed by atoms with van der Waals surface area (Å²) in [4.78, 5) is 13.8. The summed E-state index contributed by atoms with van der Waals surface area (Å²) in [5, 5.41) is 18.2. The van der Waals surface area contributed by atoms with Crippen molar-refractivity contribution in [1.82, 2.24) is 4.90 Å². The molecule has 0 spiro atoms. The molecule has 1 heterocycles. The Hall–Kier alpha value is -1.82. The molecule has 1 aliphatic heterocycles. The zero-order valence-electron chi connectivity index (χ0n) is 9.79. The summed E-state index contributed by atoms with van der Waals surface area (Å²) in [5.74, 6) is -0.361. The molecule has 6 heteroatoms. The van der Waals surface area contributed by atoms with E-state index in [1.54, 1.807) is 23.1 Å². The van der Waals surface area contributed by atoms with Gasteiger partial charge < -0.3 is 20.0 Å². The number of carbonyl (C=O) groups is 1. The number of para-hydroxylation sites is 1. The Balaban J connectivity index is 2.19. The minimum Gasteiger partial charge on any atom is -0.465 e. The molecule has 0 bridgehead atoms. The van der Waals surface area contributed by atoms with Crippen LogP contribution in [0.2, 0.25) is 0 Å². The minimum absolute atomic E-state index is 0.181. The highest BCUT2D eigenvalue weighted by molar-refractivity contribution is 5.66. The highest BCUT2D eigenvalue weighted by atomic mass is 19.1. The molecular formula is C12H15FN2O3. The van der Waals surface area contributed by atoms with Crippen molar-refractivity contribution >= 4 is 11.8 Å². The predicted octanol–water partition coefficient (Wildman–Crippen LogP) is 0.987. The quantitative estimate of drug-likeness (QED) is 0.826. The molecule has 0 radical (unpaired) electrons. The largest absolute Gasteiger partial charge is 0.465 e. The molecule has 0 aromatic heterocycles. The summed E-state index contributed by atoms with van der Waals surface area (Å²) in [7, 11) is 0. The maximum atomic E-state index is 13.7. The van der Waals surface area contributed by atoms with Crippen LogP contribution in [0.25, 0.3) is 0 Å². The van der Waals surface area contributed by atoms with Gasteiger partial charge in [-0.1, -0.05) is 12.1 Å². The lowest BCUT2D eigenvalue weighted by molar-refractivity contribution is 0.124. The first-order chi connectivity index (χ1) is 8.63. The van der Waals surface area contributed by atoms with Gasteiger partial charge in [-0.05, 0) is 12.1 Å². The lowest BCUT2D eigenvalue weighted by Gasteiger charge is -2.41. The molecule has 0 aliphatic carbocycles. The summed E-state index contributed by atoms with van der Waals surface area (Å²) in [6.07, 6.45) is -1.01. The first kappa shape index (κ1) is 12.6. The number of aliphatic hydroxyl groups is 1. The molecule has 1 fully saturated rings. The number of hydrogen-bond acceptors (Lipinski definition) is 3. The summed E-state index contributed by atoms with van der Waals surface area (Å²) in [5.41, 5.74) is 0.404. The fourth-order valence-electron chi connectivity index (χ4n) is 2.19. The molecule has 1 amide bonds. The molecule has 2 rings (SSSR count). The molecule has 1 aromatic carbocycles. The number of halogens is 1. The smallest absolute Gasteiger partial charge is 0.407 e. The van der Waals surface area contributed by atoms with Crippen LogP contribution < -0.4 is 4.90 Å². The maximum Gasteiger partial charge on any atom is 0.407 e. The summed E-state index contributed by atoms with van der Waals surface area (Å²) >= 11 is 0. The Morgan fingerprint density at radius 3 is 2.72 bits per heavy atom. The SMILES string of the molecule is O=C(O)N1CCN(c2ccccc2F)[C@H](CO)C1. The highest BCUT2D eigenvalue weighted by Crippen LogP contribution is 2.23. The van der Waals surface area contributed by atoms with Crippen LogP contribution in [0, 0.1) is 5.82 Å². The molecule has 1 atom stereocenters. The Morgan fingerprint density at radius 1 is 1.39 bits per heavy atom. The highest BCUT2D eigenvalue weighted by Gasteiger charge is 2.30. The maximum absolute atomic E-state index is 13.7. The molecule has 1 aliphatic rings. The molecule has 1 saturated heterocycles. The number of anilines is 1. The zero-order chi connectivity index (χ0) is 13.1. The van der Waals surface area contributed by atoms with E-state index in [1.807, 2.05) is 0 Å². The standard InChI is InChI=1S/C12H15FN2O3/c13-10-3-1-2-4-11(10)15-6-5-14(12(17)18)7-9(15)8-16/h1-4,9,16H,5-8H2,(H,17,18)/t9-/m0/s1. The fourth-order valence-corrected chi connectivity index (χ4v) is 2.19.